The molecule has 0 aliphatic carbocycles. The molecule has 0 aliphatic rings. The highest BCUT2D eigenvalue weighted by Gasteiger charge is 2.28. The number of aliphatic hydroxyl groups excluding tert-OH is 1. The van der Waals surface area contributed by atoms with Crippen LogP contribution < -0.4 is 4.74 Å². The van der Waals surface area contributed by atoms with Gasteiger partial charge in [0, 0.05) is 0 Å². The lowest BCUT2D eigenvalue weighted by Crippen LogP contribution is -2.30. The Morgan fingerprint density at radius 2 is 1.74 bits per heavy atom. The number of ether oxygens (including phenoxy) is 2. The van der Waals surface area contributed by atoms with Crippen molar-refractivity contribution in [2.24, 2.45) is 5.92 Å². The highest BCUT2D eigenvalue weighted by Crippen LogP contribution is 2.26. The minimum absolute atomic E-state index is 0.407. The summed E-state index contributed by atoms with van der Waals surface area (Å²) in [6.07, 6.45) is -0.888. The van der Waals surface area contributed by atoms with E-state index in [4.69, 9.17) is 9.47 Å². The van der Waals surface area contributed by atoms with Gasteiger partial charge in [0.1, 0.15) is 11.4 Å². The van der Waals surface area contributed by atoms with Crippen molar-refractivity contribution in [3.8, 4) is 5.75 Å². The van der Waals surface area contributed by atoms with E-state index in [-0.39, 0.29) is 0 Å². The van der Waals surface area contributed by atoms with E-state index in [1.807, 2.05) is 0 Å². The number of esters is 1. The zero-order valence-corrected chi connectivity index (χ0v) is 12.1. The van der Waals surface area contributed by atoms with Crippen molar-refractivity contribution in [1.29, 1.82) is 0 Å². The standard InChI is InChI=1S/C15H22O4/c1-10(14(17)19-15(2,3)4)13(16)11-6-8-12(18-5)9-7-11/h6-10,13,16H,1-5H3/t10-,13+/m0/s1. The summed E-state index contributed by atoms with van der Waals surface area (Å²) in [5, 5.41) is 10.2. The molecule has 1 aromatic rings. The van der Waals surface area contributed by atoms with Gasteiger partial charge in [-0.25, -0.2) is 0 Å². The van der Waals surface area contributed by atoms with E-state index in [1.165, 1.54) is 0 Å². The first-order valence-corrected chi connectivity index (χ1v) is 6.29. The Labute approximate surface area is 114 Å². The Morgan fingerprint density at radius 3 is 2.16 bits per heavy atom. The van der Waals surface area contributed by atoms with Crippen molar-refractivity contribution in [3.05, 3.63) is 29.8 Å². The molecular formula is C15H22O4. The molecule has 0 aromatic heterocycles. The molecule has 4 heteroatoms. The molecule has 0 amide bonds. The van der Waals surface area contributed by atoms with Crippen molar-refractivity contribution >= 4 is 5.97 Å². The first-order valence-electron chi connectivity index (χ1n) is 6.29. The van der Waals surface area contributed by atoms with Crippen LogP contribution in [0.1, 0.15) is 39.4 Å². The fourth-order valence-electron chi connectivity index (χ4n) is 1.61. The van der Waals surface area contributed by atoms with Crippen LogP contribution in [0.5, 0.6) is 5.75 Å². The number of aliphatic hydroxyl groups is 1. The Kier molecular flexibility index (Phi) is 4.95. The molecule has 0 fully saturated rings. The quantitative estimate of drug-likeness (QED) is 0.851. The van der Waals surface area contributed by atoms with Crippen LogP contribution in [0, 0.1) is 5.92 Å². The van der Waals surface area contributed by atoms with Crippen LogP contribution in [0.4, 0.5) is 0 Å². The van der Waals surface area contributed by atoms with Gasteiger partial charge in [0.05, 0.1) is 19.1 Å². The summed E-state index contributed by atoms with van der Waals surface area (Å²) in [5.41, 5.74) is 0.115. The average molecular weight is 266 g/mol. The zero-order chi connectivity index (χ0) is 14.6. The third kappa shape index (κ3) is 4.56. The second kappa shape index (κ2) is 6.06. The molecule has 0 heterocycles. The molecule has 0 unspecified atom stereocenters. The monoisotopic (exact) mass is 266 g/mol. The highest BCUT2D eigenvalue weighted by atomic mass is 16.6. The van der Waals surface area contributed by atoms with Gasteiger partial charge in [0.15, 0.2) is 0 Å². The topological polar surface area (TPSA) is 55.8 Å². The molecule has 0 saturated carbocycles. The molecule has 0 spiro atoms. The molecule has 0 bridgehead atoms. The predicted octanol–water partition coefficient (Wildman–Crippen LogP) is 2.71. The fourth-order valence-corrected chi connectivity index (χ4v) is 1.61. The summed E-state index contributed by atoms with van der Waals surface area (Å²) in [4.78, 5) is 11.9. The van der Waals surface area contributed by atoms with Gasteiger partial charge in [-0.15, -0.1) is 0 Å². The molecule has 2 atom stereocenters. The maximum Gasteiger partial charge on any atom is 0.312 e. The molecule has 19 heavy (non-hydrogen) atoms. The van der Waals surface area contributed by atoms with E-state index in [0.29, 0.717) is 11.3 Å². The maximum atomic E-state index is 11.9. The Hall–Kier alpha value is -1.55. The summed E-state index contributed by atoms with van der Waals surface area (Å²) in [7, 11) is 1.58. The van der Waals surface area contributed by atoms with Crippen LogP contribution in [0.15, 0.2) is 24.3 Å². The third-order valence-electron chi connectivity index (χ3n) is 2.71. The smallest absolute Gasteiger partial charge is 0.312 e. The first kappa shape index (κ1) is 15.5. The highest BCUT2D eigenvalue weighted by molar-refractivity contribution is 5.73. The molecule has 106 valence electrons. The molecular weight excluding hydrogens is 244 g/mol. The minimum Gasteiger partial charge on any atom is -0.497 e. The summed E-state index contributed by atoms with van der Waals surface area (Å²) >= 11 is 0. The summed E-state index contributed by atoms with van der Waals surface area (Å²) in [6.45, 7) is 7.06. The van der Waals surface area contributed by atoms with Crippen LogP contribution in [-0.4, -0.2) is 23.8 Å². The second-order valence-corrected chi connectivity index (χ2v) is 5.54. The summed E-state index contributed by atoms with van der Waals surface area (Å²) in [5.74, 6) is -0.315. The minimum atomic E-state index is -0.888. The van der Waals surface area contributed by atoms with Gasteiger partial charge in [0.25, 0.3) is 0 Å². The number of carbonyl (C=O) groups excluding carboxylic acids is 1. The molecule has 1 N–H and O–H groups in total. The van der Waals surface area contributed by atoms with Gasteiger partial charge in [-0.05, 0) is 45.4 Å². The van der Waals surface area contributed by atoms with Crippen molar-refractivity contribution in [2.45, 2.75) is 39.4 Å². The Balaban J connectivity index is 2.75. The lowest BCUT2D eigenvalue weighted by molar-refractivity contribution is -0.163. The van der Waals surface area contributed by atoms with E-state index in [2.05, 4.69) is 0 Å². The zero-order valence-electron chi connectivity index (χ0n) is 12.1. The van der Waals surface area contributed by atoms with Crippen molar-refractivity contribution < 1.29 is 19.4 Å². The average Bonchev–Trinajstić information content (AvgIpc) is 2.35. The Bertz CT molecular complexity index is 417. The normalized spacial score (nSPS) is 14.6. The van der Waals surface area contributed by atoms with Crippen molar-refractivity contribution in [1.82, 2.24) is 0 Å². The number of hydrogen-bond donors (Lipinski definition) is 1. The van der Waals surface area contributed by atoms with Crippen LogP contribution in [0.3, 0.4) is 0 Å². The SMILES string of the molecule is COc1ccc([C@H](O)[C@H](C)C(=O)OC(C)(C)C)cc1. The van der Waals surface area contributed by atoms with Crippen LogP contribution in [0.25, 0.3) is 0 Å². The second-order valence-electron chi connectivity index (χ2n) is 5.54. The molecule has 0 aliphatic heterocycles. The number of methoxy groups -OCH3 is 1. The van der Waals surface area contributed by atoms with Crippen molar-refractivity contribution in [3.63, 3.8) is 0 Å². The lowest BCUT2D eigenvalue weighted by Gasteiger charge is -2.24. The molecule has 0 radical (unpaired) electrons. The molecule has 1 rings (SSSR count). The lowest BCUT2D eigenvalue weighted by atomic mass is 9.97. The van der Waals surface area contributed by atoms with Gasteiger partial charge in [-0.2, -0.15) is 0 Å². The van der Waals surface area contributed by atoms with Crippen LogP contribution in [0.2, 0.25) is 0 Å². The van der Waals surface area contributed by atoms with Crippen molar-refractivity contribution in [2.75, 3.05) is 7.11 Å². The Morgan fingerprint density at radius 1 is 1.21 bits per heavy atom. The van der Waals surface area contributed by atoms with E-state index in [1.54, 1.807) is 59.1 Å². The number of hydrogen-bond acceptors (Lipinski definition) is 4. The molecule has 4 nitrogen and oxygen atoms in total. The van der Waals surface area contributed by atoms with E-state index < -0.39 is 23.6 Å². The third-order valence-corrected chi connectivity index (χ3v) is 2.71. The first-order chi connectivity index (χ1) is 8.74. The van der Waals surface area contributed by atoms with Gasteiger partial charge in [0.2, 0.25) is 0 Å². The predicted molar refractivity (Wildman–Crippen MR) is 73.0 cm³/mol. The molecule has 0 saturated heterocycles. The van der Waals surface area contributed by atoms with E-state index >= 15 is 0 Å². The van der Waals surface area contributed by atoms with Crippen LogP contribution in [-0.2, 0) is 9.53 Å². The number of rotatable bonds is 4. The summed E-state index contributed by atoms with van der Waals surface area (Å²) < 4.78 is 10.3. The number of carbonyl (C=O) groups is 1. The van der Waals surface area contributed by atoms with Gasteiger partial charge in [-0.1, -0.05) is 12.1 Å². The van der Waals surface area contributed by atoms with E-state index in [9.17, 15) is 9.90 Å². The maximum absolute atomic E-state index is 11.9. The molecule has 1 aromatic carbocycles. The van der Waals surface area contributed by atoms with Crippen LogP contribution >= 0.6 is 0 Å². The van der Waals surface area contributed by atoms with Gasteiger partial charge in [-0.3, -0.25) is 4.79 Å². The summed E-state index contributed by atoms with van der Waals surface area (Å²) in [6, 6.07) is 6.98. The van der Waals surface area contributed by atoms with Gasteiger partial charge < -0.3 is 14.6 Å². The fraction of sp³-hybridized carbons (Fsp3) is 0.533. The number of benzene rings is 1. The van der Waals surface area contributed by atoms with E-state index in [0.717, 1.165) is 0 Å². The van der Waals surface area contributed by atoms with Gasteiger partial charge >= 0.3 is 5.97 Å². The largest absolute Gasteiger partial charge is 0.497 e.